The molecule has 0 saturated carbocycles. The molecule has 16 heavy (non-hydrogen) atoms. The molecule has 0 fully saturated rings. The van der Waals surface area contributed by atoms with Crippen molar-refractivity contribution < 1.29 is 0 Å². The Balaban J connectivity index is 1.95. The van der Waals surface area contributed by atoms with Gasteiger partial charge in [-0.15, -0.1) is 0 Å². The summed E-state index contributed by atoms with van der Waals surface area (Å²) in [7, 11) is 1.97. The number of aliphatic imine (C=N–C) groups is 1. The van der Waals surface area contributed by atoms with Crippen LogP contribution in [0.3, 0.4) is 0 Å². The Morgan fingerprint density at radius 2 is 2.44 bits per heavy atom. The van der Waals surface area contributed by atoms with Gasteiger partial charge in [0.25, 0.3) is 0 Å². The van der Waals surface area contributed by atoms with Gasteiger partial charge < -0.3 is 5.32 Å². The largest absolute Gasteiger partial charge is 0.361 e. The molecule has 1 aliphatic heterocycles. The lowest BCUT2D eigenvalue weighted by atomic mass is 10.2. The fourth-order valence-corrected chi connectivity index (χ4v) is 2.59. The molecular weight excluding hydrogens is 220 g/mol. The van der Waals surface area contributed by atoms with Crippen LogP contribution in [0.25, 0.3) is 0 Å². The van der Waals surface area contributed by atoms with E-state index in [9.17, 15) is 0 Å². The number of hydrogen-bond donors (Lipinski definition) is 1. The van der Waals surface area contributed by atoms with E-state index in [1.807, 2.05) is 23.5 Å². The fraction of sp³-hybridized carbons (Fsp3) is 0.636. The number of hydrogen-bond acceptors (Lipinski definition) is 4. The molecule has 5 heteroatoms. The fourth-order valence-electron chi connectivity index (χ4n) is 1.77. The smallest absolute Gasteiger partial charge is 0.156 e. The van der Waals surface area contributed by atoms with E-state index in [0.717, 1.165) is 24.7 Å². The van der Waals surface area contributed by atoms with Crippen molar-refractivity contribution in [3.63, 3.8) is 0 Å². The van der Waals surface area contributed by atoms with Gasteiger partial charge in [0.15, 0.2) is 5.17 Å². The summed E-state index contributed by atoms with van der Waals surface area (Å²) in [4.78, 5) is 4.45. The maximum absolute atomic E-state index is 4.45. The number of thioether (sulfide) groups is 1. The number of nitrogens with one attached hydrogen (secondary N) is 1. The standard InChI is InChI=1S/C11H18N4S/c1-3-10-9(8-15(2)14-10)7-13-11-12-5-4-6-16-11/h8H,3-7H2,1-2H3,(H,12,13). The van der Waals surface area contributed by atoms with Crippen LogP contribution in [0.4, 0.5) is 0 Å². The van der Waals surface area contributed by atoms with Crippen molar-refractivity contribution in [2.45, 2.75) is 26.3 Å². The molecule has 2 heterocycles. The second kappa shape index (κ2) is 5.39. The lowest BCUT2D eigenvalue weighted by molar-refractivity contribution is 0.746. The monoisotopic (exact) mass is 238 g/mol. The first-order chi connectivity index (χ1) is 7.79. The van der Waals surface area contributed by atoms with Gasteiger partial charge in [-0.2, -0.15) is 5.10 Å². The summed E-state index contributed by atoms with van der Waals surface area (Å²) in [5.41, 5.74) is 2.45. The molecule has 0 atom stereocenters. The highest BCUT2D eigenvalue weighted by Gasteiger charge is 2.08. The van der Waals surface area contributed by atoms with E-state index in [-0.39, 0.29) is 0 Å². The lowest BCUT2D eigenvalue weighted by Gasteiger charge is -2.12. The van der Waals surface area contributed by atoms with E-state index < -0.39 is 0 Å². The van der Waals surface area contributed by atoms with Crippen molar-refractivity contribution in [3.05, 3.63) is 17.5 Å². The Kier molecular flexibility index (Phi) is 3.88. The van der Waals surface area contributed by atoms with E-state index in [0.29, 0.717) is 0 Å². The molecule has 0 saturated heterocycles. The predicted octanol–water partition coefficient (Wildman–Crippen LogP) is 1.57. The average molecular weight is 238 g/mol. The molecule has 0 unspecified atom stereocenters. The molecule has 0 aliphatic carbocycles. The first-order valence-corrected chi connectivity index (χ1v) is 6.70. The molecule has 1 aliphatic rings. The van der Waals surface area contributed by atoms with Gasteiger partial charge in [-0.1, -0.05) is 18.7 Å². The Hall–Kier alpha value is -0.970. The molecule has 0 radical (unpaired) electrons. The number of rotatable bonds is 3. The quantitative estimate of drug-likeness (QED) is 0.869. The Labute approximate surface area is 101 Å². The first-order valence-electron chi connectivity index (χ1n) is 5.72. The Bertz CT molecular complexity index is 383. The van der Waals surface area contributed by atoms with Gasteiger partial charge in [0.05, 0.1) is 5.69 Å². The van der Waals surface area contributed by atoms with Crippen molar-refractivity contribution in [1.82, 2.24) is 15.1 Å². The van der Waals surface area contributed by atoms with Gasteiger partial charge in [-0.05, 0) is 12.8 Å². The molecule has 1 aromatic rings. The lowest BCUT2D eigenvalue weighted by Crippen LogP contribution is -2.23. The molecule has 0 aromatic carbocycles. The van der Waals surface area contributed by atoms with Crippen molar-refractivity contribution in [1.29, 1.82) is 0 Å². The molecule has 0 amide bonds. The van der Waals surface area contributed by atoms with Crippen LogP contribution in [0, 0.1) is 0 Å². The molecule has 88 valence electrons. The topological polar surface area (TPSA) is 42.2 Å². The van der Waals surface area contributed by atoms with Crippen molar-refractivity contribution in [3.8, 4) is 0 Å². The van der Waals surface area contributed by atoms with Gasteiger partial charge in [-0.3, -0.25) is 9.67 Å². The Morgan fingerprint density at radius 1 is 1.56 bits per heavy atom. The van der Waals surface area contributed by atoms with Gasteiger partial charge in [0.1, 0.15) is 0 Å². The number of aryl methyl sites for hydroxylation is 2. The zero-order chi connectivity index (χ0) is 11.4. The third kappa shape index (κ3) is 2.78. The predicted molar refractivity (Wildman–Crippen MR) is 68.8 cm³/mol. The van der Waals surface area contributed by atoms with Crippen LogP contribution in [0.15, 0.2) is 11.2 Å². The summed E-state index contributed by atoms with van der Waals surface area (Å²) >= 11 is 1.81. The van der Waals surface area contributed by atoms with E-state index in [1.54, 1.807) is 0 Å². The molecule has 4 nitrogen and oxygen atoms in total. The summed E-state index contributed by atoms with van der Waals surface area (Å²) in [5.74, 6) is 1.18. The Morgan fingerprint density at radius 3 is 3.12 bits per heavy atom. The number of aromatic nitrogens is 2. The summed E-state index contributed by atoms with van der Waals surface area (Å²) in [5, 5.41) is 8.89. The second-order valence-electron chi connectivity index (χ2n) is 3.87. The van der Waals surface area contributed by atoms with Crippen LogP contribution >= 0.6 is 11.8 Å². The summed E-state index contributed by atoms with van der Waals surface area (Å²) in [6.07, 6.45) is 4.26. The van der Waals surface area contributed by atoms with E-state index >= 15 is 0 Å². The third-order valence-corrected chi connectivity index (χ3v) is 3.59. The maximum atomic E-state index is 4.45. The molecule has 0 bridgehead atoms. The van der Waals surface area contributed by atoms with Crippen LogP contribution < -0.4 is 5.32 Å². The van der Waals surface area contributed by atoms with Crippen LogP contribution in [-0.2, 0) is 20.0 Å². The van der Waals surface area contributed by atoms with Crippen LogP contribution in [0.5, 0.6) is 0 Å². The van der Waals surface area contributed by atoms with Crippen LogP contribution in [0.2, 0.25) is 0 Å². The van der Waals surface area contributed by atoms with Gasteiger partial charge in [0.2, 0.25) is 0 Å². The highest BCUT2D eigenvalue weighted by atomic mass is 32.2. The maximum Gasteiger partial charge on any atom is 0.156 e. The van der Waals surface area contributed by atoms with Crippen molar-refractivity contribution in [2.75, 3.05) is 12.3 Å². The van der Waals surface area contributed by atoms with Gasteiger partial charge >= 0.3 is 0 Å². The average Bonchev–Trinajstić information content (AvgIpc) is 2.68. The van der Waals surface area contributed by atoms with E-state index in [1.165, 1.54) is 23.4 Å². The van der Waals surface area contributed by atoms with Crippen LogP contribution in [-0.4, -0.2) is 27.2 Å². The highest BCUT2D eigenvalue weighted by Crippen LogP contribution is 2.12. The van der Waals surface area contributed by atoms with Gasteiger partial charge in [-0.25, -0.2) is 0 Å². The second-order valence-corrected chi connectivity index (χ2v) is 4.95. The normalized spacial score (nSPS) is 16.0. The number of nitrogens with zero attached hydrogens (tertiary/aromatic N) is 3. The summed E-state index contributed by atoms with van der Waals surface area (Å²) in [6.45, 7) is 3.94. The SMILES string of the molecule is CCc1nn(C)cc1CNC1=NCCCS1. The molecule has 1 N–H and O–H groups in total. The number of amidine groups is 1. The molecule has 1 aromatic heterocycles. The summed E-state index contributed by atoms with van der Waals surface area (Å²) in [6, 6.07) is 0. The minimum absolute atomic E-state index is 0.836. The minimum atomic E-state index is 0.836. The third-order valence-electron chi connectivity index (χ3n) is 2.55. The molecular formula is C11H18N4S. The molecule has 0 spiro atoms. The van der Waals surface area contributed by atoms with Crippen molar-refractivity contribution >= 4 is 16.9 Å². The zero-order valence-electron chi connectivity index (χ0n) is 9.86. The highest BCUT2D eigenvalue weighted by molar-refractivity contribution is 8.13. The zero-order valence-corrected chi connectivity index (χ0v) is 10.7. The molecule has 2 rings (SSSR count). The van der Waals surface area contributed by atoms with Crippen molar-refractivity contribution in [2.24, 2.45) is 12.0 Å². The van der Waals surface area contributed by atoms with Gasteiger partial charge in [0, 0.05) is 37.7 Å². The first kappa shape index (κ1) is 11.5. The summed E-state index contributed by atoms with van der Waals surface area (Å²) < 4.78 is 1.88. The van der Waals surface area contributed by atoms with Crippen LogP contribution in [0.1, 0.15) is 24.6 Å². The van der Waals surface area contributed by atoms with E-state index in [4.69, 9.17) is 0 Å². The minimum Gasteiger partial charge on any atom is -0.361 e. The van der Waals surface area contributed by atoms with E-state index in [2.05, 4.69) is 28.5 Å².